The van der Waals surface area contributed by atoms with Gasteiger partial charge in [-0.2, -0.15) is 0 Å². The summed E-state index contributed by atoms with van der Waals surface area (Å²) in [4.78, 5) is 54.3. The number of ether oxygens (including phenoxy) is 2. The molecule has 5 rings (SSSR count). The van der Waals surface area contributed by atoms with E-state index in [2.05, 4.69) is 10.6 Å². The fourth-order valence-corrected chi connectivity index (χ4v) is 5.73. The molecule has 45 heavy (non-hydrogen) atoms. The maximum absolute atomic E-state index is 13.5. The lowest BCUT2D eigenvalue weighted by atomic mass is 10.1. The van der Waals surface area contributed by atoms with Gasteiger partial charge in [-0.15, -0.1) is 11.8 Å². The first kappa shape index (κ1) is 31.1. The van der Waals surface area contributed by atoms with Crippen LogP contribution in [0.2, 0.25) is 0 Å². The average Bonchev–Trinajstić information content (AvgIpc) is 3.34. The summed E-state index contributed by atoms with van der Waals surface area (Å²) in [6, 6.07) is 27.9. The van der Waals surface area contributed by atoms with Crippen LogP contribution in [0.15, 0.2) is 108 Å². The Morgan fingerprint density at radius 3 is 2.27 bits per heavy atom. The maximum atomic E-state index is 13.5. The highest BCUT2D eigenvalue weighted by molar-refractivity contribution is 8.00. The molecule has 0 saturated carbocycles. The number of rotatable bonds is 10. The van der Waals surface area contributed by atoms with E-state index in [1.54, 1.807) is 84.9 Å². The van der Waals surface area contributed by atoms with Crippen LogP contribution in [0.3, 0.4) is 0 Å². The van der Waals surface area contributed by atoms with Crippen LogP contribution in [0, 0.1) is 6.92 Å². The van der Waals surface area contributed by atoms with E-state index in [9.17, 15) is 19.2 Å². The van der Waals surface area contributed by atoms with Crippen LogP contribution in [-0.4, -0.2) is 43.1 Å². The van der Waals surface area contributed by atoms with Crippen molar-refractivity contribution < 1.29 is 28.7 Å². The molecule has 1 saturated heterocycles. The van der Waals surface area contributed by atoms with Gasteiger partial charge in [-0.3, -0.25) is 19.2 Å². The van der Waals surface area contributed by atoms with Crippen LogP contribution in [0.5, 0.6) is 11.5 Å². The molecule has 4 aromatic rings. The molecule has 4 amide bonds. The monoisotopic (exact) mass is 621 g/mol. The fourth-order valence-electron chi connectivity index (χ4n) is 4.68. The molecular formula is C35H31N3O6S. The minimum atomic E-state index is -0.554. The number of benzene rings is 4. The molecule has 1 aliphatic rings. The predicted octanol–water partition coefficient (Wildman–Crippen LogP) is 5.85. The Hall–Kier alpha value is -5.35. The van der Waals surface area contributed by atoms with Crippen molar-refractivity contribution in [3.63, 3.8) is 0 Å². The van der Waals surface area contributed by atoms with Crippen LogP contribution in [-0.2, 0) is 14.4 Å². The smallest absolute Gasteiger partial charge is 0.272 e. The number of carbonyl (C=O) groups excluding carboxylic acids is 4. The van der Waals surface area contributed by atoms with E-state index >= 15 is 0 Å². The molecule has 228 valence electrons. The number of anilines is 2. The van der Waals surface area contributed by atoms with E-state index in [0.29, 0.717) is 34.0 Å². The third kappa shape index (κ3) is 7.42. The number of hydrogen-bond donors (Lipinski definition) is 2. The highest BCUT2D eigenvalue weighted by Crippen LogP contribution is 2.34. The molecule has 9 nitrogen and oxygen atoms in total. The molecule has 0 aliphatic carbocycles. The first-order chi connectivity index (χ1) is 21.7. The predicted molar refractivity (Wildman–Crippen MR) is 174 cm³/mol. The number of amides is 4. The first-order valence-corrected chi connectivity index (χ1v) is 15.0. The third-order valence-electron chi connectivity index (χ3n) is 7.06. The van der Waals surface area contributed by atoms with E-state index in [0.717, 1.165) is 10.5 Å². The minimum absolute atomic E-state index is 0.00275. The van der Waals surface area contributed by atoms with Crippen molar-refractivity contribution in [3.05, 3.63) is 119 Å². The SMILES string of the molecule is COc1ccc(/C=C(\NC(=O)c2ccccc2)C(=O)Nc2ccc(SC3CC(=O)N(c4ccc(C)cc4)C3=O)cc2)c(OC)c1. The van der Waals surface area contributed by atoms with E-state index in [1.807, 2.05) is 19.1 Å². The number of nitrogens with zero attached hydrogens (tertiary/aromatic N) is 1. The van der Waals surface area contributed by atoms with Crippen LogP contribution in [0.4, 0.5) is 11.4 Å². The Morgan fingerprint density at radius 1 is 0.889 bits per heavy atom. The zero-order valence-corrected chi connectivity index (χ0v) is 25.7. The van der Waals surface area contributed by atoms with Gasteiger partial charge in [-0.05, 0) is 73.7 Å². The lowest BCUT2D eigenvalue weighted by Crippen LogP contribution is -2.31. The Bertz CT molecular complexity index is 1750. The summed E-state index contributed by atoms with van der Waals surface area (Å²) in [5.41, 5.74) is 3.02. The van der Waals surface area contributed by atoms with Gasteiger partial charge in [0.05, 0.1) is 25.2 Å². The van der Waals surface area contributed by atoms with Crippen LogP contribution in [0.25, 0.3) is 6.08 Å². The number of nitrogens with one attached hydrogen (secondary N) is 2. The molecular weight excluding hydrogens is 590 g/mol. The van der Waals surface area contributed by atoms with Crippen molar-refractivity contribution in [1.82, 2.24) is 5.32 Å². The van der Waals surface area contributed by atoms with Crippen LogP contribution in [0.1, 0.15) is 27.9 Å². The summed E-state index contributed by atoms with van der Waals surface area (Å²) in [6.45, 7) is 1.94. The average molecular weight is 622 g/mol. The summed E-state index contributed by atoms with van der Waals surface area (Å²) in [6.07, 6.45) is 1.63. The van der Waals surface area contributed by atoms with Gasteiger partial charge in [0.15, 0.2) is 0 Å². The molecule has 0 spiro atoms. The molecule has 1 atom stereocenters. The van der Waals surface area contributed by atoms with Gasteiger partial charge in [0.2, 0.25) is 11.8 Å². The zero-order chi connectivity index (χ0) is 31.9. The Labute approximate surface area is 265 Å². The van der Waals surface area contributed by atoms with Gasteiger partial charge in [-0.25, -0.2) is 4.90 Å². The lowest BCUT2D eigenvalue weighted by Gasteiger charge is -2.15. The largest absolute Gasteiger partial charge is 0.497 e. The third-order valence-corrected chi connectivity index (χ3v) is 8.25. The van der Waals surface area contributed by atoms with Crippen molar-refractivity contribution in [3.8, 4) is 11.5 Å². The van der Waals surface area contributed by atoms with Crippen LogP contribution < -0.4 is 25.0 Å². The maximum Gasteiger partial charge on any atom is 0.272 e. The van der Waals surface area contributed by atoms with E-state index in [1.165, 1.54) is 37.0 Å². The second kappa shape index (κ2) is 14.0. The van der Waals surface area contributed by atoms with Crippen molar-refractivity contribution in [2.75, 3.05) is 24.4 Å². The van der Waals surface area contributed by atoms with Gasteiger partial charge < -0.3 is 20.1 Å². The second-order valence-electron chi connectivity index (χ2n) is 10.2. The number of carbonyl (C=O) groups is 4. The van der Waals surface area contributed by atoms with Gasteiger partial charge in [-0.1, -0.05) is 35.9 Å². The Kier molecular flexibility index (Phi) is 9.64. The van der Waals surface area contributed by atoms with Gasteiger partial charge in [0, 0.05) is 34.2 Å². The number of thioether (sulfide) groups is 1. The number of methoxy groups -OCH3 is 2. The Balaban J connectivity index is 1.31. The summed E-state index contributed by atoms with van der Waals surface area (Å²) < 4.78 is 10.7. The molecule has 10 heteroatoms. The highest BCUT2D eigenvalue weighted by atomic mass is 32.2. The summed E-state index contributed by atoms with van der Waals surface area (Å²) >= 11 is 1.30. The minimum Gasteiger partial charge on any atom is -0.497 e. The first-order valence-electron chi connectivity index (χ1n) is 14.1. The standard InChI is InChI=1S/C35H31N3O6S/c1-22-9-14-26(15-10-22)38-32(39)21-31(35(38)42)45-28-17-12-25(13-18-28)36-34(41)29(37-33(40)23-7-5-4-6-8-23)19-24-11-16-27(43-2)20-30(24)44-3/h4-20,31H,21H2,1-3H3,(H,36,41)(H,37,40)/b29-19-. The van der Waals surface area contributed by atoms with Crippen molar-refractivity contribution in [2.45, 2.75) is 23.5 Å². The number of aryl methyl sites for hydroxylation is 1. The Morgan fingerprint density at radius 2 is 1.60 bits per heavy atom. The number of imide groups is 1. The van der Waals surface area contributed by atoms with Gasteiger partial charge >= 0.3 is 0 Å². The molecule has 0 aromatic heterocycles. The topological polar surface area (TPSA) is 114 Å². The fraction of sp³-hybridized carbons (Fsp3) is 0.143. The quantitative estimate of drug-likeness (QED) is 0.169. The zero-order valence-electron chi connectivity index (χ0n) is 24.9. The molecule has 0 radical (unpaired) electrons. The van der Waals surface area contributed by atoms with E-state index in [4.69, 9.17) is 9.47 Å². The summed E-state index contributed by atoms with van der Waals surface area (Å²) in [5.74, 6) is -0.474. The van der Waals surface area contributed by atoms with Gasteiger partial charge in [0.25, 0.3) is 11.8 Å². The van der Waals surface area contributed by atoms with Crippen molar-refractivity contribution in [2.24, 2.45) is 0 Å². The van der Waals surface area contributed by atoms with Crippen molar-refractivity contribution in [1.29, 1.82) is 0 Å². The molecule has 1 aliphatic heterocycles. The van der Waals surface area contributed by atoms with E-state index < -0.39 is 17.1 Å². The van der Waals surface area contributed by atoms with Crippen LogP contribution >= 0.6 is 11.8 Å². The highest BCUT2D eigenvalue weighted by Gasteiger charge is 2.40. The van der Waals surface area contributed by atoms with E-state index in [-0.39, 0.29) is 23.9 Å². The van der Waals surface area contributed by atoms with Crippen molar-refractivity contribution >= 4 is 52.8 Å². The molecule has 1 heterocycles. The summed E-state index contributed by atoms with van der Waals surface area (Å²) in [5, 5.41) is 4.98. The molecule has 0 bridgehead atoms. The number of hydrogen-bond acceptors (Lipinski definition) is 7. The van der Waals surface area contributed by atoms with Gasteiger partial charge in [0.1, 0.15) is 17.2 Å². The molecule has 1 unspecified atom stereocenters. The summed E-state index contributed by atoms with van der Waals surface area (Å²) in [7, 11) is 3.04. The molecule has 1 fully saturated rings. The molecule has 2 N–H and O–H groups in total. The molecule has 4 aromatic carbocycles. The normalized spacial score (nSPS) is 14.7. The second-order valence-corrected chi connectivity index (χ2v) is 11.5. The lowest BCUT2D eigenvalue weighted by molar-refractivity contribution is -0.121.